The Morgan fingerprint density at radius 2 is 1.67 bits per heavy atom. The fraction of sp³-hybridized carbons (Fsp3) is 0.909. The molecule has 0 aliphatic heterocycles. The summed E-state index contributed by atoms with van der Waals surface area (Å²) in [7, 11) is -2.86. The van der Waals surface area contributed by atoms with Crippen molar-refractivity contribution in [1.82, 2.24) is 0 Å². The monoisotopic (exact) mass is 245 g/mol. The Morgan fingerprint density at radius 1 is 1.13 bits per heavy atom. The van der Waals surface area contributed by atoms with E-state index in [2.05, 4.69) is 44.3 Å². The standard InChI is InChI=1S/C11H27NOSi2/c1-8-9-10-15(6,7)13-11(2)12-14(3,4)5/h8-10H2,1-7H3. The molecule has 0 amide bonds. The van der Waals surface area contributed by atoms with Gasteiger partial charge in [0.2, 0.25) is 8.32 Å². The highest BCUT2D eigenvalue weighted by Crippen LogP contribution is 2.16. The largest absolute Gasteiger partial charge is 0.535 e. The zero-order chi connectivity index (χ0) is 12.1. The average molecular weight is 246 g/mol. The first kappa shape index (κ1) is 14.9. The number of nitrogens with zero attached hydrogens (tertiary/aromatic N) is 1. The average Bonchev–Trinajstić information content (AvgIpc) is 1.95. The molecule has 0 N–H and O–H groups in total. The maximum atomic E-state index is 6.04. The molecule has 0 saturated heterocycles. The SMILES string of the molecule is CCCC[Si](C)(C)OC(C)=N[Si](C)(C)C. The molecule has 0 atom stereocenters. The summed E-state index contributed by atoms with van der Waals surface area (Å²) in [6.07, 6.45) is 2.53. The Bertz CT molecular complexity index is 219. The van der Waals surface area contributed by atoms with Gasteiger partial charge in [0.25, 0.3) is 0 Å². The Hall–Kier alpha value is -0.0962. The van der Waals surface area contributed by atoms with Crippen LogP contribution >= 0.6 is 0 Å². The quantitative estimate of drug-likeness (QED) is 0.403. The van der Waals surface area contributed by atoms with Gasteiger partial charge in [0, 0.05) is 6.92 Å². The molecule has 0 aromatic carbocycles. The molecule has 0 unspecified atom stereocenters. The third kappa shape index (κ3) is 8.87. The van der Waals surface area contributed by atoms with Gasteiger partial charge in [0.1, 0.15) is 0 Å². The van der Waals surface area contributed by atoms with Crippen molar-refractivity contribution in [3.05, 3.63) is 0 Å². The van der Waals surface area contributed by atoms with Crippen LogP contribution in [0.2, 0.25) is 38.8 Å². The lowest BCUT2D eigenvalue weighted by molar-refractivity contribution is 0.533. The summed E-state index contributed by atoms with van der Waals surface area (Å²) in [5.41, 5.74) is 0. The Balaban J connectivity index is 4.26. The van der Waals surface area contributed by atoms with Crippen LogP contribution in [-0.2, 0) is 4.43 Å². The summed E-state index contributed by atoms with van der Waals surface area (Å²) in [4.78, 5) is 0. The van der Waals surface area contributed by atoms with E-state index in [1.807, 2.05) is 6.92 Å². The van der Waals surface area contributed by atoms with Gasteiger partial charge in [-0.25, -0.2) is 0 Å². The molecule has 0 heterocycles. The number of rotatable bonds is 5. The second-order valence-corrected chi connectivity index (χ2v) is 14.6. The van der Waals surface area contributed by atoms with Crippen molar-refractivity contribution in [3.8, 4) is 0 Å². The van der Waals surface area contributed by atoms with Crippen LogP contribution in [0, 0.1) is 0 Å². The highest BCUT2D eigenvalue weighted by atomic mass is 28.4. The first-order valence-corrected chi connectivity index (χ1v) is 12.5. The lowest BCUT2D eigenvalue weighted by Crippen LogP contribution is -2.33. The second-order valence-electron chi connectivity index (χ2n) is 5.77. The molecule has 0 rings (SSSR count). The third-order valence-electron chi connectivity index (χ3n) is 2.05. The van der Waals surface area contributed by atoms with E-state index < -0.39 is 16.6 Å². The smallest absolute Gasteiger partial charge is 0.246 e. The van der Waals surface area contributed by atoms with Crippen molar-refractivity contribution >= 4 is 22.5 Å². The van der Waals surface area contributed by atoms with Gasteiger partial charge in [-0.1, -0.05) is 19.8 Å². The van der Waals surface area contributed by atoms with Crippen LogP contribution in [0.4, 0.5) is 0 Å². The van der Waals surface area contributed by atoms with Crippen LogP contribution in [0.25, 0.3) is 0 Å². The van der Waals surface area contributed by atoms with Crippen LogP contribution in [-0.4, -0.2) is 22.5 Å². The van der Waals surface area contributed by atoms with E-state index in [4.69, 9.17) is 4.43 Å². The summed E-state index contributed by atoms with van der Waals surface area (Å²) < 4.78 is 10.7. The molecule has 4 heteroatoms. The fourth-order valence-electron chi connectivity index (χ4n) is 1.55. The molecular formula is C11H27NOSi2. The van der Waals surface area contributed by atoms with Gasteiger partial charge in [-0.05, 0) is 38.8 Å². The van der Waals surface area contributed by atoms with Gasteiger partial charge >= 0.3 is 0 Å². The number of hydrogen-bond donors (Lipinski definition) is 0. The van der Waals surface area contributed by atoms with E-state index >= 15 is 0 Å². The highest BCUT2D eigenvalue weighted by Gasteiger charge is 2.24. The van der Waals surface area contributed by atoms with Gasteiger partial charge in [0.15, 0.2) is 14.1 Å². The molecule has 0 saturated carbocycles. The second kappa shape index (κ2) is 5.84. The van der Waals surface area contributed by atoms with Crippen molar-refractivity contribution < 1.29 is 4.43 Å². The zero-order valence-electron chi connectivity index (χ0n) is 11.5. The Labute approximate surface area is 97.4 Å². The number of unbranched alkanes of at least 4 members (excludes halogenated alkanes) is 1. The zero-order valence-corrected chi connectivity index (χ0v) is 13.5. The number of hydrogen-bond acceptors (Lipinski definition) is 2. The summed E-state index contributed by atoms with van der Waals surface area (Å²) in [6.45, 7) is 15.5. The minimum absolute atomic E-state index is 0.918. The van der Waals surface area contributed by atoms with Crippen molar-refractivity contribution in [2.24, 2.45) is 4.66 Å². The molecule has 90 valence electrons. The summed E-state index contributed by atoms with van der Waals surface area (Å²) in [6, 6.07) is 1.24. The molecule has 0 spiro atoms. The maximum absolute atomic E-state index is 6.04. The minimum Gasteiger partial charge on any atom is -0.535 e. The van der Waals surface area contributed by atoms with Crippen LogP contribution in [0.3, 0.4) is 0 Å². The van der Waals surface area contributed by atoms with Crippen molar-refractivity contribution in [2.45, 2.75) is 65.5 Å². The van der Waals surface area contributed by atoms with Gasteiger partial charge in [0.05, 0.1) is 0 Å². The fourth-order valence-corrected chi connectivity index (χ4v) is 4.78. The summed E-state index contributed by atoms with van der Waals surface area (Å²) in [5.74, 6) is 0.918. The van der Waals surface area contributed by atoms with E-state index in [1.165, 1.54) is 18.9 Å². The van der Waals surface area contributed by atoms with E-state index in [1.54, 1.807) is 0 Å². The van der Waals surface area contributed by atoms with Gasteiger partial charge in [-0.3, -0.25) is 4.66 Å². The lowest BCUT2D eigenvalue weighted by Gasteiger charge is -2.25. The van der Waals surface area contributed by atoms with Crippen molar-refractivity contribution in [3.63, 3.8) is 0 Å². The minimum atomic E-state index is -1.50. The molecule has 0 aromatic rings. The van der Waals surface area contributed by atoms with Crippen molar-refractivity contribution in [1.29, 1.82) is 0 Å². The normalized spacial score (nSPS) is 14.2. The van der Waals surface area contributed by atoms with Crippen LogP contribution in [0.5, 0.6) is 0 Å². The van der Waals surface area contributed by atoms with Gasteiger partial charge in [-0.15, -0.1) is 0 Å². The Morgan fingerprint density at radius 3 is 2.07 bits per heavy atom. The molecular weight excluding hydrogens is 218 g/mol. The maximum Gasteiger partial charge on any atom is 0.246 e. The molecule has 0 aliphatic carbocycles. The first-order chi connectivity index (χ1) is 6.66. The molecule has 0 radical (unpaired) electrons. The predicted molar refractivity (Wildman–Crippen MR) is 74.7 cm³/mol. The highest BCUT2D eigenvalue weighted by molar-refractivity contribution is 6.76. The topological polar surface area (TPSA) is 21.6 Å². The van der Waals surface area contributed by atoms with Crippen LogP contribution in [0.1, 0.15) is 26.7 Å². The van der Waals surface area contributed by atoms with Gasteiger partial charge in [-0.2, -0.15) is 0 Å². The molecule has 15 heavy (non-hydrogen) atoms. The first-order valence-electron chi connectivity index (χ1n) is 5.92. The summed E-state index contributed by atoms with van der Waals surface area (Å²) in [5, 5.41) is 0. The van der Waals surface area contributed by atoms with Crippen LogP contribution in [0.15, 0.2) is 4.66 Å². The molecule has 0 bridgehead atoms. The molecule has 0 aromatic heterocycles. The predicted octanol–water partition coefficient (Wildman–Crippen LogP) is 4.26. The van der Waals surface area contributed by atoms with Gasteiger partial charge < -0.3 is 4.43 Å². The van der Waals surface area contributed by atoms with E-state index in [-0.39, 0.29) is 0 Å². The lowest BCUT2D eigenvalue weighted by atomic mass is 10.4. The molecule has 0 aliphatic rings. The van der Waals surface area contributed by atoms with Crippen LogP contribution < -0.4 is 0 Å². The van der Waals surface area contributed by atoms with E-state index in [0.717, 1.165) is 5.90 Å². The Kier molecular flexibility index (Phi) is 5.81. The summed E-state index contributed by atoms with van der Waals surface area (Å²) >= 11 is 0. The molecule has 2 nitrogen and oxygen atoms in total. The van der Waals surface area contributed by atoms with Crippen molar-refractivity contribution in [2.75, 3.05) is 0 Å². The van der Waals surface area contributed by atoms with E-state index in [9.17, 15) is 0 Å². The third-order valence-corrected chi connectivity index (χ3v) is 5.44. The van der Waals surface area contributed by atoms with E-state index in [0.29, 0.717) is 0 Å². The molecule has 0 fully saturated rings.